The number of Topliss-reactive ketones (excluding diaryl/α,β-unsaturated/α-hetero) is 1. The normalized spacial score (nSPS) is 15.4. The molecule has 0 aliphatic heterocycles. The first-order valence-corrected chi connectivity index (χ1v) is 8.16. The molecule has 0 radical (unpaired) electrons. The summed E-state index contributed by atoms with van der Waals surface area (Å²) in [5, 5.41) is 0. The Morgan fingerprint density at radius 2 is 1.38 bits per heavy atom. The maximum atomic E-state index is 12.7. The van der Waals surface area contributed by atoms with Crippen LogP contribution in [0, 0.1) is 0 Å². The molecule has 1 atom stereocenters. The number of rotatable bonds is 6. The summed E-state index contributed by atoms with van der Waals surface area (Å²) in [5.41, 5.74) is 2.30. The Kier molecular flexibility index (Phi) is 4.93. The van der Waals surface area contributed by atoms with E-state index in [4.69, 9.17) is 23.7 Å². The van der Waals surface area contributed by atoms with Crippen LogP contribution in [0.25, 0.3) is 0 Å². The Labute approximate surface area is 152 Å². The predicted molar refractivity (Wildman–Crippen MR) is 96.4 cm³/mol. The Balaban J connectivity index is 2.23. The molecule has 0 fully saturated rings. The molecule has 0 bridgehead atoms. The highest BCUT2D eigenvalue weighted by Gasteiger charge is 2.37. The van der Waals surface area contributed by atoms with Gasteiger partial charge in [0.2, 0.25) is 5.75 Å². The van der Waals surface area contributed by atoms with E-state index in [1.807, 2.05) is 12.1 Å². The summed E-state index contributed by atoms with van der Waals surface area (Å²) in [7, 11) is 7.84. The standard InChI is InChI=1S/C20H22O6/c1-22-12-6-11(7-13(8-12)23-2)14-9-16(21)15-10-17(24-3)19(25-4)20(26-5)18(14)15/h6-8,10,14H,9H2,1-5H3. The lowest BCUT2D eigenvalue weighted by molar-refractivity contribution is 0.0991. The van der Waals surface area contributed by atoms with Crippen LogP contribution in [0.5, 0.6) is 28.7 Å². The van der Waals surface area contributed by atoms with Crippen LogP contribution in [0.4, 0.5) is 0 Å². The lowest BCUT2D eigenvalue weighted by Gasteiger charge is -2.20. The molecule has 2 aromatic carbocycles. The lowest BCUT2D eigenvalue weighted by Crippen LogP contribution is -2.04. The van der Waals surface area contributed by atoms with Crippen molar-refractivity contribution in [1.29, 1.82) is 0 Å². The molecule has 0 N–H and O–H groups in total. The van der Waals surface area contributed by atoms with Crippen LogP contribution in [0.15, 0.2) is 24.3 Å². The van der Waals surface area contributed by atoms with Gasteiger partial charge in [-0.25, -0.2) is 0 Å². The molecule has 2 aromatic rings. The number of hydrogen-bond donors (Lipinski definition) is 0. The van der Waals surface area contributed by atoms with E-state index in [2.05, 4.69) is 0 Å². The second-order valence-electron chi connectivity index (χ2n) is 5.93. The van der Waals surface area contributed by atoms with Crippen molar-refractivity contribution >= 4 is 5.78 Å². The van der Waals surface area contributed by atoms with E-state index in [0.29, 0.717) is 40.7 Å². The van der Waals surface area contributed by atoms with Crippen molar-refractivity contribution in [1.82, 2.24) is 0 Å². The van der Waals surface area contributed by atoms with Crippen molar-refractivity contribution in [3.05, 3.63) is 41.0 Å². The molecule has 26 heavy (non-hydrogen) atoms. The van der Waals surface area contributed by atoms with E-state index in [1.54, 1.807) is 40.6 Å². The monoisotopic (exact) mass is 358 g/mol. The van der Waals surface area contributed by atoms with Crippen LogP contribution in [0.2, 0.25) is 0 Å². The van der Waals surface area contributed by atoms with Crippen molar-refractivity contribution in [2.45, 2.75) is 12.3 Å². The molecule has 0 aromatic heterocycles. The van der Waals surface area contributed by atoms with Gasteiger partial charge >= 0.3 is 0 Å². The highest BCUT2D eigenvalue weighted by atomic mass is 16.5. The van der Waals surface area contributed by atoms with Crippen molar-refractivity contribution in [2.24, 2.45) is 0 Å². The van der Waals surface area contributed by atoms with Crippen LogP contribution >= 0.6 is 0 Å². The first-order valence-electron chi connectivity index (χ1n) is 8.16. The van der Waals surface area contributed by atoms with E-state index in [-0.39, 0.29) is 11.7 Å². The largest absolute Gasteiger partial charge is 0.497 e. The molecule has 6 nitrogen and oxygen atoms in total. The Morgan fingerprint density at radius 1 is 0.769 bits per heavy atom. The topological polar surface area (TPSA) is 63.2 Å². The van der Waals surface area contributed by atoms with Crippen molar-refractivity contribution in [2.75, 3.05) is 35.5 Å². The third-order valence-corrected chi connectivity index (χ3v) is 4.68. The maximum Gasteiger partial charge on any atom is 0.203 e. The van der Waals surface area contributed by atoms with Gasteiger partial charge in [0.05, 0.1) is 35.5 Å². The molecule has 0 spiro atoms. The average molecular weight is 358 g/mol. The summed E-state index contributed by atoms with van der Waals surface area (Å²) >= 11 is 0. The Morgan fingerprint density at radius 3 is 1.88 bits per heavy atom. The number of carbonyl (C=O) groups is 1. The summed E-state index contributed by atoms with van der Waals surface area (Å²) in [6, 6.07) is 7.33. The highest BCUT2D eigenvalue weighted by Crippen LogP contribution is 2.51. The molecule has 0 heterocycles. The van der Waals surface area contributed by atoms with Gasteiger partial charge in [0.15, 0.2) is 17.3 Å². The van der Waals surface area contributed by atoms with Gasteiger partial charge in [-0.15, -0.1) is 0 Å². The van der Waals surface area contributed by atoms with Crippen molar-refractivity contribution in [3.63, 3.8) is 0 Å². The minimum absolute atomic E-state index is 0.0334. The molecule has 6 heteroatoms. The molecule has 1 aliphatic rings. The molecule has 3 rings (SSSR count). The number of methoxy groups -OCH3 is 5. The maximum absolute atomic E-state index is 12.7. The summed E-state index contributed by atoms with van der Waals surface area (Å²) in [6.07, 6.45) is 0.332. The number of ether oxygens (including phenoxy) is 5. The highest BCUT2D eigenvalue weighted by molar-refractivity contribution is 6.04. The molecule has 1 unspecified atom stereocenters. The number of carbonyl (C=O) groups excluding carboxylic acids is 1. The summed E-state index contributed by atoms with van der Waals surface area (Å²) in [6.45, 7) is 0. The van der Waals surface area contributed by atoms with Crippen LogP contribution in [-0.4, -0.2) is 41.3 Å². The number of hydrogen-bond acceptors (Lipinski definition) is 6. The summed E-state index contributed by atoms with van der Waals surface area (Å²) in [4.78, 5) is 12.7. The van der Waals surface area contributed by atoms with Gasteiger partial charge in [-0.3, -0.25) is 4.79 Å². The zero-order valence-electron chi connectivity index (χ0n) is 15.5. The van der Waals surface area contributed by atoms with Crippen LogP contribution in [-0.2, 0) is 0 Å². The Bertz CT molecular complexity index is 820. The molecule has 1 aliphatic carbocycles. The number of benzene rings is 2. The van der Waals surface area contributed by atoms with Gasteiger partial charge in [0, 0.05) is 29.5 Å². The van der Waals surface area contributed by atoms with Crippen molar-refractivity contribution in [3.8, 4) is 28.7 Å². The lowest BCUT2D eigenvalue weighted by atomic mass is 9.91. The Hall–Kier alpha value is -2.89. The second kappa shape index (κ2) is 7.15. The van der Waals surface area contributed by atoms with E-state index in [1.165, 1.54) is 7.11 Å². The van der Waals surface area contributed by atoms with Gasteiger partial charge in [0.25, 0.3) is 0 Å². The first-order chi connectivity index (χ1) is 12.6. The van der Waals surface area contributed by atoms with Gasteiger partial charge in [-0.05, 0) is 23.8 Å². The van der Waals surface area contributed by atoms with Crippen LogP contribution in [0.3, 0.4) is 0 Å². The molecular formula is C20H22O6. The van der Waals surface area contributed by atoms with Gasteiger partial charge in [-0.1, -0.05) is 0 Å². The fourth-order valence-electron chi connectivity index (χ4n) is 3.47. The fraction of sp³-hybridized carbons (Fsp3) is 0.350. The van der Waals surface area contributed by atoms with Crippen LogP contribution < -0.4 is 23.7 Å². The molecule has 0 amide bonds. The molecular weight excluding hydrogens is 336 g/mol. The van der Waals surface area contributed by atoms with Crippen LogP contribution in [0.1, 0.15) is 33.8 Å². The SMILES string of the molecule is COc1cc(OC)cc(C2CC(=O)c3cc(OC)c(OC)c(OC)c32)c1. The van der Waals surface area contributed by atoms with E-state index in [0.717, 1.165) is 11.1 Å². The molecule has 0 saturated carbocycles. The molecule has 138 valence electrons. The minimum Gasteiger partial charge on any atom is -0.497 e. The second-order valence-corrected chi connectivity index (χ2v) is 5.93. The zero-order valence-corrected chi connectivity index (χ0v) is 15.5. The van der Waals surface area contributed by atoms with Gasteiger partial charge in [-0.2, -0.15) is 0 Å². The predicted octanol–water partition coefficient (Wildman–Crippen LogP) is 3.45. The van der Waals surface area contributed by atoms with E-state index < -0.39 is 0 Å². The minimum atomic E-state index is -0.184. The van der Waals surface area contributed by atoms with Gasteiger partial charge < -0.3 is 23.7 Å². The number of fused-ring (bicyclic) bond motifs is 1. The van der Waals surface area contributed by atoms with E-state index in [9.17, 15) is 4.79 Å². The third-order valence-electron chi connectivity index (χ3n) is 4.68. The number of ketones is 1. The fourth-order valence-corrected chi connectivity index (χ4v) is 3.47. The average Bonchev–Trinajstić information content (AvgIpc) is 3.02. The smallest absolute Gasteiger partial charge is 0.203 e. The molecule has 0 saturated heterocycles. The summed E-state index contributed by atoms with van der Waals surface area (Å²) in [5.74, 6) is 2.64. The van der Waals surface area contributed by atoms with Gasteiger partial charge in [0.1, 0.15) is 11.5 Å². The van der Waals surface area contributed by atoms with Crippen molar-refractivity contribution < 1.29 is 28.5 Å². The van der Waals surface area contributed by atoms with E-state index >= 15 is 0 Å². The quantitative estimate of drug-likeness (QED) is 0.788. The first kappa shape index (κ1) is 17.9. The third kappa shape index (κ3) is 2.81. The zero-order chi connectivity index (χ0) is 18.8. The summed E-state index contributed by atoms with van der Waals surface area (Å²) < 4.78 is 27.2.